The fraction of sp³-hybridized carbons (Fsp3) is 0.393. The summed E-state index contributed by atoms with van der Waals surface area (Å²) >= 11 is 8.03. The maximum absolute atomic E-state index is 13.8. The molecule has 1 atom stereocenters. The van der Waals surface area contributed by atoms with E-state index in [0.717, 1.165) is 24.2 Å². The van der Waals surface area contributed by atoms with Gasteiger partial charge in [0.2, 0.25) is 10.0 Å². The molecule has 1 aromatic heterocycles. The Kier molecular flexibility index (Phi) is 7.69. The third-order valence-corrected chi connectivity index (χ3v) is 11.4. The van der Waals surface area contributed by atoms with Gasteiger partial charge in [-0.1, -0.05) is 41.9 Å². The molecule has 1 fully saturated rings. The minimum absolute atomic E-state index is 0.112. The van der Waals surface area contributed by atoms with E-state index in [2.05, 4.69) is 29.2 Å². The summed E-state index contributed by atoms with van der Waals surface area (Å²) in [5.41, 5.74) is 2.51. The van der Waals surface area contributed by atoms with Crippen LogP contribution in [0.25, 0.3) is 0 Å². The van der Waals surface area contributed by atoms with Gasteiger partial charge in [-0.15, -0.1) is 11.8 Å². The van der Waals surface area contributed by atoms with Gasteiger partial charge in [0, 0.05) is 72.3 Å². The average Bonchev–Trinajstić information content (AvgIpc) is 3.28. The van der Waals surface area contributed by atoms with Crippen LogP contribution >= 0.6 is 23.4 Å². The first-order chi connectivity index (χ1) is 17.7. The molecule has 0 N–H and O–H groups in total. The molecule has 0 amide bonds. The fourth-order valence-electron chi connectivity index (χ4n) is 5.61. The number of halogens is 1. The van der Waals surface area contributed by atoms with E-state index < -0.39 is 10.0 Å². The van der Waals surface area contributed by atoms with Gasteiger partial charge in [-0.05, 0) is 41.5 Å². The minimum Gasteiger partial charge on any atom is -0.633 e. The molecule has 0 aliphatic carbocycles. The van der Waals surface area contributed by atoms with Crippen molar-refractivity contribution in [2.75, 3.05) is 39.0 Å². The van der Waals surface area contributed by atoms with Crippen LogP contribution < -0.4 is 0 Å². The molecule has 0 saturated carbocycles. The third kappa shape index (κ3) is 5.60. The first kappa shape index (κ1) is 26.7. The van der Waals surface area contributed by atoms with E-state index in [9.17, 15) is 13.6 Å². The number of sulfonamides is 1. The number of hydrogen-bond acceptors (Lipinski definition) is 5. The standard InChI is InChI=1S/C28H32ClN3O3S2/c1-31(37(34,35)25-5-4-15-30-19-25)20-23(22-8-10-24(29)11-9-22)12-16-32(33)17-13-28(14-18-32)21-36-27-7-3-2-6-26(27)28/h2-11,15,19,23H,12-14,16-18,20-21H2,1H3. The predicted octanol–water partition coefficient (Wildman–Crippen LogP) is 5.68. The Morgan fingerprint density at radius 2 is 1.84 bits per heavy atom. The van der Waals surface area contributed by atoms with Gasteiger partial charge in [-0.2, -0.15) is 0 Å². The highest BCUT2D eigenvalue weighted by molar-refractivity contribution is 7.99. The number of rotatable bonds is 8. The third-order valence-electron chi connectivity index (χ3n) is 8.00. The number of quaternary nitrogens is 1. The molecule has 6 nitrogen and oxygen atoms in total. The second-order valence-corrected chi connectivity index (χ2v) is 13.8. The normalized spacial score (nSPS) is 24.3. The number of likely N-dealkylation sites (N-methyl/N-ethyl adjacent to an activating group) is 1. The van der Waals surface area contributed by atoms with E-state index in [0.29, 0.717) is 31.1 Å². The SMILES string of the molecule is CN(CC(CC[N+]1([O-])CCC2(CC1)CSc1ccccc12)c1ccc(Cl)cc1)S(=O)(=O)c1cccnc1. The van der Waals surface area contributed by atoms with Crippen LogP contribution in [0.2, 0.25) is 5.02 Å². The molecule has 2 aliphatic rings. The van der Waals surface area contributed by atoms with Crippen molar-refractivity contribution in [2.45, 2.75) is 40.4 Å². The lowest BCUT2D eigenvalue weighted by Crippen LogP contribution is -2.53. The van der Waals surface area contributed by atoms with Crippen molar-refractivity contribution >= 4 is 33.4 Å². The zero-order chi connectivity index (χ0) is 26.1. The topological polar surface area (TPSA) is 73.3 Å². The van der Waals surface area contributed by atoms with Crippen LogP contribution in [-0.2, 0) is 15.4 Å². The first-order valence-corrected chi connectivity index (χ1v) is 15.4. The summed E-state index contributed by atoms with van der Waals surface area (Å²) in [5, 5.41) is 14.5. The van der Waals surface area contributed by atoms with Gasteiger partial charge in [0.15, 0.2) is 0 Å². The number of pyridine rings is 1. The second kappa shape index (κ2) is 10.7. The van der Waals surface area contributed by atoms with Gasteiger partial charge in [-0.3, -0.25) is 4.98 Å². The van der Waals surface area contributed by atoms with Gasteiger partial charge in [0.05, 0.1) is 19.6 Å². The van der Waals surface area contributed by atoms with Crippen LogP contribution in [0.3, 0.4) is 0 Å². The van der Waals surface area contributed by atoms with E-state index >= 15 is 0 Å². The molecule has 1 saturated heterocycles. The molecule has 0 radical (unpaired) electrons. The Hall–Kier alpha value is -1.94. The molecule has 5 rings (SSSR count). The Bertz CT molecular complexity index is 1330. The van der Waals surface area contributed by atoms with Crippen molar-refractivity contribution in [3.63, 3.8) is 0 Å². The zero-order valence-corrected chi connectivity index (χ0v) is 23.3. The quantitative estimate of drug-likeness (QED) is 0.263. The highest BCUT2D eigenvalue weighted by Gasteiger charge is 2.44. The largest absolute Gasteiger partial charge is 0.633 e. The van der Waals surface area contributed by atoms with Crippen LogP contribution in [0.5, 0.6) is 0 Å². The Morgan fingerprint density at radius 3 is 2.54 bits per heavy atom. The van der Waals surface area contributed by atoms with Crippen molar-refractivity contribution in [3.8, 4) is 0 Å². The summed E-state index contributed by atoms with van der Waals surface area (Å²) in [6, 6.07) is 19.3. The summed E-state index contributed by atoms with van der Waals surface area (Å²) in [6.45, 7) is 1.91. The zero-order valence-electron chi connectivity index (χ0n) is 20.9. The lowest BCUT2D eigenvalue weighted by Gasteiger charge is -2.51. The number of benzene rings is 2. The highest BCUT2D eigenvalue weighted by Crippen LogP contribution is 2.50. The lowest BCUT2D eigenvalue weighted by atomic mass is 9.74. The van der Waals surface area contributed by atoms with Crippen molar-refractivity contribution in [1.29, 1.82) is 0 Å². The van der Waals surface area contributed by atoms with Crippen LogP contribution in [0.1, 0.15) is 36.3 Å². The van der Waals surface area contributed by atoms with E-state index in [1.165, 1.54) is 21.0 Å². The number of nitrogens with zero attached hydrogens (tertiary/aromatic N) is 3. The van der Waals surface area contributed by atoms with Gasteiger partial charge < -0.3 is 9.85 Å². The molecular formula is C28H32ClN3O3S2. The molecule has 2 aromatic carbocycles. The first-order valence-electron chi connectivity index (χ1n) is 12.6. The van der Waals surface area contributed by atoms with E-state index in [-0.39, 0.29) is 27.4 Å². The fourth-order valence-corrected chi connectivity index (χ4v) is 8.41. The molecule has 196 valence electrons. The Balaban J connectivity index is 1.29. The molecule has 3 aromatic rings. The van der Waals surface area contributed by atoms with Gasteiger partial charge in [-0.25, -0.2) is 12.7 Å². The Labute approximate surface area is 228 Å². The summed E-state index contributed by atoms with van der Waals surface area (Å²) in [6.07, 6.45) is 5.29. The van der Waals surface area contributed by atoms with Crippen LogP contribution in [-0.4, -0.2) is 61.3 Å². The minimum atomic E-state index is -3.69. The summed E-state index contributed by atoms with van der Waals surface area (Å²) in [7, 11) is -2.10. The second-order valence-electron chi connectivity index (χ2n) is 10.3. The maximum atomic E-state index is 13.8. The molecule has 1 unspecified atom stereocenters. The smallest absolute Gasteiger partial charge is 0.244 e. The molecule has 9 heteroatoms. The lowest BCUT2D eigenvalue weighted by molar-refractivity contribution is -0.887. The average molecular weight is 558 g/mol. The van der Waals surface area contributed by atoms with Crippen LogP contribution in [0, 0.1) is 5.21 Å². The molecule has 0 bridgehead atoms. The number of hydroxylamine groups is 3. The predicted molar refractivity (Wildman–Crippen MR) is 149 cm³/mol. The van der Waals surface area contributed by atoms with Crippen LogP contribution in [0.15, 0.2) is 82.8 Å². The monoisotopic (exact) mass is 557 g/mol. The van der Waals surface area contributed by atoms with Crippen LogP contribution in [0.4, 0.5) is 0 Å². The van der Waals surface area contributed by atoms with Gasteiger partial charge in [0.1, 0.15) is 4.90 Å². The molecule has 2 aliphatic heterocycles. The number of piperidine rings is 1. The van der Waals surface area contributed by atoms with E-state index in [1.807, 2.05) is 36.0 Å². The van der Waals surface area contributed by atoms with Crippen molar-refractivity contribution in [1.82, 2.24) is 9.29 Å². The number of likely N-dealkylation sites (tertiary alicyclic amines) is 1. The molecular weight excluding hydrogens is 526 g/mol. The molecule has 3 heterocycles. The van der Waals surface area contributed by atoms with Gasteiger partial charge in [0.25, 0.3) is 0 Å². The number of aromatic nitrogens is 1. The van der Waals surface area contributed by atoms with Gasteiger partial charge >= 0.3 is 0 Å². The van der Waals surface area contributed by atoms with Crippen molar-refractivity contribution < 1.29 is 13.1 Å². The highest BCUT2D eigenvalue weighted by atomic mass is 35.5. The number of fused-ring (bicyclic) bond motifs is 2. The molecule has 37 heavy (non-hydrogen) atoms. The van der Waals surface area contributed by atoms with E-state index in [1.54, 1.807) is 25.4 Å². The van der Waals surface area contributed by atoms with Crippen molar-refractivity contribution in [2.24, 2.45) is 0 Å². The number of hydrogen-bond donors (Lipinski definition) is 0. The maximum Gasteiger partial charge on any atom is 0.244 e. The van der Waals surface area contributed by atoms with E-state index in [4.69, 9.17) is 11.6 Å². The number of thioether (sulfide) groups is 1. The van der Waals surface area contributed by atoms with Crippen molar-refractivity contribution in [3.05, 3.63) is 94.4 Å². The molecule has 1 spiro atoms. The summed E-state index contributed by atoms with van der Waals surface area (Å²) in [5.74, 6) is 0.924. The summed E-state index contributed by atoms with van der Waals surface area (Å²) in [4.78, 5) is 5.48. The Morgan fingerprint density at radius 1 is 1.11 bits per heavy atom. The summed E-state index contributed by atoms with van der Waals surface area (Å²) < 4.78 is 27.5.